The van der Waals surface area contributed by atoms with Crippen LogP contribution in [-0.4, -0.2) is 0 Å². The van der Waals surface area contributed by atoms with Crippen molar-refractivity contribution in [3.8, 4) is 78.6 Å². The Morgan fingerprint density at radius 3 is 1.05 bits per heavy atom. The van der Waals surface area contributed by atoms with Crippen LogP contribution in [0.25, 0.3) is 97.4 Å². The summed E-state index contributed by atoms with van der Waals surface area (Å²) in [6.07, 6.45) is 0. The van der Waals surface area contributed by atoms with Crippen molar-refractivity contribution >= 4 is 111 Å². The van der Waals surface area contributed by atoms with Crippen LogP contribution in [0.4, 0.5) is 34.1 Å². The Hall–Kier alpha value is -15.7. The molecule has 4 aliphatic heterocycles. The summed E-state index contributed by atoms with van der Waals surface area (Å²) in [4.78, 5) is 10.3. The van der Waals surface area contributed by atoms with Gasteiger partial charge in [0.25, 0.3) is 0 Å². The summed E-state index contributed by atoms with van der Waals surface area (Å²) in [6, 6.07) is 171. The van der Waals surface area contributed by atoms with Crippen molar-refractivity contribution in [3.63, 3.8) is 0 Å². The van der Waals surface area contributed by atoms with Gasteiger partial charge in [-0.1, -0.05) is 351 Å². The number of nitrogens with zero attached hydrogens (tertiary/aromatic N) is 2. The molecule has 0 bridgehead atoms. The Bertz CT molecular complexity index is 8760. The molecule has 8 aliphatic rings. The van der Waals surface area contributed by atoms with Gasteiger partial charge in [-0.05, 0) is 254 Å². The maximum atomic E-state index is 6.95. The number of rotatable bonds is 7. The SMILES string of the molecule is c1ccc2c(c1)Oc1ccccc1C21c2ccccc2-c2c(N(c3ccc4c(c3)-c3cc(-c5cccc6c5sc5ccc(N(c7ccc8c(c7)-c7ccccc7C87c8ccccc8Sc8ccccc87)c7cccc8c7-c7ccccc7C87c8ccccc8Oc8ccccc87)cc56)ccc3C43c4ccccc4Sc4ccccc43)c3ccc4c(ccc5ccccc54)c3)cccc21. The second kappa shape index (κ2) is 27.4. The highest BCUT2D eigenvalue weighted by Gasteiger charge is 2.57. The molecule has 618 valence electrons. The van der Waals surface area contributed by atoms with E-state index in [4.69, 9.17) is 9.47 Å². The molecule has 7 heteroatoms. The van der Waals surface area contributed by atoms with Crippen molar-refractivity contribution in [1.29, 1.82) is 0 Å². The minimum Gasteiger partial charge on any atom is -0.457 e. The van der Waals surface area contributed by atoms with Crippen LogP contribution in [0.15, 0.2) is 468 Å². The van der Waals surface area contributed by atoms with Gasteiger partial charge in [0.2, 0.25) is 0 Å². The van der Waals surface area contributed by atoms with Gasteiger partial charge in [0.15, 0.2) is 0 Å². The molecule has 21 aromatic carbocycles. The van der Waals surface area contributed by atoms with Crippen LogP contribution in [0.3, 0.4) is 0 Å². The fraction of sp³-hybridized carbons (Fsp3) is 0.0317. The fourth-order valence-corrected chi connectivity index (χ4v) is 29.1. The summed E-state index contributed by atoms with van der Waals surface area (Å²) >= 11 is 5.68. The average Bonchev–Trinajstić information content (AvgIpc) is 1.52. The summed E-state index contributed by atoms with van der Waals surface area (Å²) in [5.41, 5.74) is 35.8. The minimum absolute atomic E-state index is 0.548. The van der Waals surface area contributed by atoms with E-state index in [-0.39, 0.29) is 0 Å². The molecule has 0 N–H and O–H groups in total. The van der Waals surface area contributed by atoms with Gasteiger partial charge in [-0.25, -0.2) is 0 Å². The lowest BCUT2D eigenvalue weighted by molar-refractivity contribution is 0.436. The fourth-order valence-electron chi connectivity index (χ4n) is 25.5. The van der Waals surface area contributed by atoms with Crippen molar-refractivity contribution in [2.45, 2.75) is 41.2 Å². The maximum Gasteiger partial charge on any atom is 0.132 e. The van der Waals surface area contributed by atoms with Crippen LogP contribution in [0, 0.1) is 0 Å². The Morgan fingerprint density at radius 1 is 0.195 bits per heavy atom. The van der Waals surface area contributed by atoms with E-state index in [0.29, 0.717) is 0 Å². The Morgan fingerprint density at radius 2 is 0.534 bits per heavy atom. The lowest BCUT2D eigenvalue weighted by Crippen LogP contribution is -2.32. The van der Waals surface area contributed by atoms with E-state index in [1.165, 1.54) is 178 Å². The molecule has 30 rings (SSSR count). The first-order chi connectivity index (χ1) is 65.9. The summed E-state index contributed by atoms with van der Waals surface area (Å²) in [5, 5.41) is 7.27. The van der Waals surface area contributed by atoms with Crippen molar-refractivity contribution in [1.82, 2.24) is 0 Å². The second-order valence-corrected chi connectivity index (χ2v) is 39.7. The lowest BCUT2D eigenvalue weighted by Gasteiger charge is -2.40. The van der Waals surface area contributed by atoms with E-state index >= 15 is 0 Å². The van der Waals surface area contributed by atoms with Crippen molar-refractivity contribution in [2.75, 3.05) is 9.80 Å². The van der Waals surface area contributed by atoms with Crippen LogP contribution in [0.5, 0.6) is 23.0 Å². The normalized spacial score (nSPS) is 14.8. The molecule has 4 spiro atoms. The molecule has 0 atom stereocenters. The van der Waals surface area contributed by atoms with Gasteiger partial charge >= 0.3 is 0 Å². The maximum absolute atomic E-state index is 6.95. The smallest absolute Gasteiger partial charge is 0.132 e. The number of benzene rings is 21. The molecule has 4 aliphatic carbocycles. The van der Waals surface area contributed by atoms with Crippen LogP contribution < -0.4 is 19.3 Å². The Balaban J connectivity index is 0.631. The molecule has 5 heterocycles. The quantitative estimate of drug-likeness (QED) is 0.148. The predicted molar refractivity (Wildman–Crippen MR) is 547 cm³/mol. The molecule has 22 aromatic rings. The van der Waals surface area contributed by atoms with E-state index in [2.05, 4.69) is 459 Å². The van der Waals surface area contributed by atoms with Gasteiger partial charge in [-0.15, -0.1) is 11.3 Å². The lowest BCUT2D eigenvalue weighted by atomic mass is 9.66. The van der Waals surface area contributed by atoms with E-state index in [0.717, 1.165) is 84.9 Å². The van der Waals surface area contributed by atoms with Crippen LogP contribution >= 0.6 is 34.9 Å². The number of thiophene rings is 1. The molecule has 0 unspecified atom stereocenters. The Labute approximate surface area is 781 Å². The molecular weight excluding hydrogens is 1670 g/mol. The Kier molecular flexibility index (Phi) is 15.3. The number of ether oxygens (including phenoxy) is 2. The topological polar surface area (TPSA) is 24.9 Å². The van der Waals surface area contributed by atoms with E-state index in [9.17, 15) is 0 Å². The zero-order valence-electron chi connectivity index (χ0n) is 71.7. The van der Waals surface area contributed by atoms with Gasteiger partial charge in [0, 0.05) is 95.9 Å². The second-order valence-electron chi connectivity index (χ2n) is 36.5. The molecule has 0 saturated heterocycles. The third-order valence-corrected chi connectivity index (χ3v) is 34.0. The van der Waals surface area contributed by atoms with Crippen molar-refractivity contribution < 1.29 is 9.47 Å². The number of para-hydroxylation sites is 4. The monoisotopic (exact) mass is 1740 g/mol. The first kappa shape index (κ1) is 74.1. The molecule has 0 fully saturated rings. The van der Waals surface area contributed by atoms with Gasteiger partial charge in [0.1, 0.15) is 23.0 Å². The van der Waals surface area contributed by atoms with E-state index in [1.807, 2.05) is 34.9 Å². The first-order valence-electron chi connectivity index (χ1n) is 45.9. The highest BCUT2D eigenvalue weighted by atomic mass is 32.2. The molecule has 133 heavy (non-hydrogen) atoms. The summed E-state index contributed by atoms with van der Waals surface area (Å²) in [7, 11) is 0. The van der Waals surface area contributed by atoms with Crippen LogP contribution in [0.1, 0.15) is 89.0 Å². The number of hydrogen-bond donors (Lipinski definition) is 0. The highest BCUT2D eigenvalue weighted by Crippen LogP contribution is 2.70. The molecule has 0 radical (unpaired) electrons. The van der Waals surface area contributed by atoms with Crippen LogP contribution in [-0.2, 0) is 21.7 Å². The molecule has 0 amide bonds. The third kappa shape index (κ3) is 9.67. The first-order valence-corrected chi connectivity index (χ1v) is 48.3. The zero-order valence-corrected chi connectivity index (χ0v) is 74.1. The van der Waals surface area contributed by atoms with Gasteiger partial charge in [-0.2, -0.15) is 0 Å². The third-order valence-electron chi connectivity index (χ3n) is 30.5. The zero-order chi connectivity index (χ0) is 86.7. The molecular formula is C126H74N2O2S3. The van der Waals surface area contributed by atoms with Crippen molar-refractivity contribution in [3.05, 3.63) is 538 Å². The minimum atomic E-state index is -0.693. The average molecular weight is 1740 g/mol. The number of anilines is 6. The number of hydrogen-bond acceptors (Lipinski definition) is 7. The summed E-state index contributed by atoms with van der Waals surface area (Å²) in [5.74, 6) is 3.48. The highest BCUT2D eigenvalue weighted by molar-refractivity contribution is 7.99. The van der Waals surface area contributed by atoms with Gasteiger partial charge in [0.05, 0.1) is 33.0 Å². The molecule has 4 nitrogen and oxygen atoms in total. The standard InChI is InChI=1S/C126H74N2O2S3/c1-2-29-82-75(28-1)58-59-76-70-78(61-65-83(76)82)127(109-48-26-46-107-120(109)87-31-4-7-36-94(87)125(107)99-38-9-17-50-111(99)129-112-51-18-10-39-100(112)125)80-63-68-98-91(73-80)89-71-77(60-66-96(89)124(98)105-44-15-23-56-118(105)132-119-57-24-16-45-106(119)124)84-33-25-34-86-92-74-81(64-69-115(92)133-122(84)86)128(79-62-67-97-90(72-79)85-30-3-6-35-93(85)123(97)103-42-13-21-54-116(103)131-117-55-22-14-43-104(117)123)110-49-27-47-108-121(110)88-32-5-8-37-95(88)126(108)101-40-11-19-52-113(101)130-114-53-20-12-41-102(114)126/h1-74H. The number of fused-ring (bicyclic) bond motifs is 42. The summed E-state index contributed by atoms with van der Waals surface area (Å²) in [6.45, 7) is 0. The van der Waals surface area contributed by atoms with E-state index < -0.39 is 21.7 Å². The largest absolute Gasteiger partial charge is 0.457 e. The molecule has 1 aromatic heterocycles. The van der Waals surface area contributed by atoms with Crippen molar-refractivity contribution in [2.24, 2.45) is 0 Å². The predicted octanol–water partition coefficient (Wildman–Crippen LogP) is 33.6. The van der Waals surface area contributed by atoms with Gasteiger partial charge < -0.3 is 19.3 Å². The molecule has 0 saturated carbocycles. The van der Waals surface area contributed by atoms with Crippen LogP contribution in [0.2, 0.25) is 0 Å². The van der Waals surface area contributed by atoms with Gasteiger partial charge in [-0.3, -0.25) is 0 Å². The van der Waals surface area contributed by atoms with E-state index in [1.54, 1.807) is 0 Å². The summed E-state index contributed by atoms with van der Waals surface area (Å²) < 4.78 is 16.3.